The number of nitrogens with one attached hydrogen (secondary N) is 2. The Kier molecular flexibility index (Phi) is 6.66. The molecular formula is C23H21N3O6S. The van der Waals surface area contributed by atoms with Crippen molar-refractivity contribution < 1.29 is 29.3 Å². The summed E-state index contributed by atoms with van der Waals surface area (Å²) >= 11 is 1.14. The van der Waals surface area contributed by atoms with Crippen LogP contribution in [0.15, 0.2) is 53.9 Å². The Morgan fingerprint density at radius 1 is 1.06 bits per heavy atom. The van der Waals surface area contributed by atoms with Crippen LogP contribution in [0.4, 0.5) is 9.93 Å². The summed E-state index contributed by atoms with van der Waals surface area (Å²) in [5.74, 6) is -1.97. The lowest BCUT2D eigenvalue weighted by Crippen LogP contribution is -2.37. The van der Waals surface area contributed by atoms with E-state index < -0.39 is 30.6 Å². The number of carboxylic acid groups (broad SMARTS) is 1. The first-order valence-electron chi connectivity index (χ1n) is 10.2. The summed E-state index contributed by atoms with van der Waals surface area (Å²) in [4.78, 5) is 38.9. The number of ether oxygens (including phenoxy) is 1. The van der Waals surface area contributed by atoms with Gasteiger partial charge in [0.25, 0.3) is 0 Å². The van der Waals surface area contributed by atoms with Crippen molar-refractivity contribution in [2.24, 2.45) is 0 Å². The average molecular weight is 468 g/mol. The smallest absolute Gasteiger partial charge is 0.413 e. The van der Waals surface area contributed by atoms with Crippen LogP contribution in [0, 0.1) is 0 Å². The number of carbonyl (C=O) groups is 3. The Labute approximate surface area is 193 Å². The molecule has 4 rings (SSSR count). The number of amides is 2. The van der Waals surface area contributed by atoms with Gasteiger partial charge in [-0.3, -0.25) is 10.1 Å². The zero-order valence-corrected chi connectivity index (χ0v) is 18.2. The minimum Gasteiger partial charge on any atom is -0.479 e. The third-order valence-electron chi connectivity index (χ3n) is 5.22. The first-order valence-corrected chi connectivity index (χ1v) is 11.0. The molecule has 170 valence electrons. The van der Waals surface area contributed by atoms with E-state index in [0.29, 0.717) is 5.69 Å². The van der Waals surface area contributed by atoms with E-state index in [9.17, 15) is 19.5 Å². The molecule has 0 saturated heterocycles. The first-order chi connectivity index (χ1) is 15.9. The van der Waals surface area contributed by atoms with Gasteiger partial charge in [-0.05, 0) is 22.3 Å². The summed E-state index contributed by atoms with van der Waals surface area (Å²) in [6.07, 6.45) is -2.43. The molecule has 33 heavy (non-hydrogen) atoms. The van der Waals surface area contributed by atoms with Crippen LogP contribution in [-0.4, -0.2) is 52.4 Å². The molecule has 4 N–H and O–H groups in total. The van der Waals surface area contributed by atoms with Crippen LogP contribution in [0.2, 0.25) is 0 Å². The second-order valence-electron chi connectivity index (χ2n) is 7.43. The number of anilines is 1. The third-order valence-corrected chi connectivity index (χ3v) is 6.03. The highest BCUT2D eigenvalue weighted by molar-refractivity contribution is 7.13. The fourth-order valence-corrected chi connectivity index (χ4v) is 4.39. The lowest BCUT2D eigenvalue weighted by molar-refractivity contribution is -0.146. The molecule has 0 saturated carbocycles. The van der Waals surface area contributed by atoms with Crippen molar-refractivity contribution in [3.63, 3.8) is 0 Å². The molecule has 0 bridgehead atoms. The number of nitrogens with zero attached hydrogens (tertiary/aromatic N) is 1. The van der Waals surface area contributed by atoms with Crippen LogP contribution in [0.5, 0.6) is 0 Å². The van der Waals surface area contributed by atoms with E-state index in [2.05, 4.69) is 27.8 Å². The minimum atomic E-state index is -1.67. The van der Waals surface area contributed by atoms with Gasteiger partial charge in [0.05, 0.1) is 18.7 Å². The summed E-state index contributed by atoms with van der Waals surface area (Å²) in [7, 11) is 0. The van der Waals surface area contributed by atoms with Crippen LogP contribution in [0.25, 0.3) is 11.1 Å². The Bertz CT molecular complexity index is 1150. The van der Waals surface area contributed by atoms with Gasteiger partial charge in [-0.1, -0.05) is 48.5 Å². The van der Waals surface area contributed by atoms with Gasteiger partial charge >= 0.3 is 12.1 Å². The van der Waals surface area contributed by atoms with Crippen molar-refractivity contribution in [1.29, 1.82) is 0 Å². The van der Waals surface area contributed by atoms with E-state index in [0.717, 1.165) is 33.6 Å². The molecule has 1 unspecified atom stereocenters. The molecule has 0 fully saturated rings. The van der Waals surface area contributed by atoms with E-state index in [1.165, 1.54) is 0 Å². The van der Waals surface area contributed by atoms with Gasteiger partial charge in [0, 0.05) is 11.3 Å². The summed E-state index contributed by atoms with van der Waals surface area (Å²) in [6, 6.07) is 16.1. The largest absolute Gasteiger partial charge is 0.479 e. The topological polar surface area (TPSA) is 138 Å². The summed E-state index contributed by atoms with van der Waals surface area (Å²) in [5.41, 5.74) is 4.90. The molecule has 3 aromatic rings. The number of thiazole rings is 1. The summed E-state index contributed by atoms with van der Waals surface area (Å²) in [5, 5.41) is 24.6. The maximum Gasteiger partial charge on any atom is 0.413 e. The lowest BCUT2D eigenvalue weighted by Gasteiger charge is -2.14. The van der Waals surface area contributed by atoms with Gasteiger partial charge in [-0.15, -0.1) is 11.3 Å². The Hall–Kier alpha value is -3.76. The second-order valence-corrected chi connectivity index (χ2v) is 8.29. The van der Waals surface area contributed by atoms with Gasteiger partial charge in [0.2, 0.25) is 5.91 Å². The van der Waals surface area contributed by atoms with E-state index >= 15 is 0 Å². The maximum atomic E-state index is 12.3. The molecule has 2 amide bonds. The predicted molar refractivity (Wildman–Crippen MR) is 121 cm³/mol. The Morgan fingerprint density at radius 2 is 1.70 bits per heavy atom. The molecule has 0 spiro atoms. The van der Waals surface area contributed by atoms with Gasteiger partial charge in [-0.2, -0.15) is 0 Å². The number of aliphatic hydroxyl groups excluding tert-OH is 1. The quantitative estimate of drug-likeness (QED) is 0.399. The van der Waals surface area contributed by atoms with Crippen molar-refractivity contribution >= 4 is 34.4 Å². The van der Waals surface area contributed by atoms with Gasteiger partial charge in [0.15, 0.2) is 11.2 Å². The second kappa shape index (κ2) is 9.80. The number of aliphatic hydroxyl groups is 1. The number of carbonyl (C=O) groups excluding carboxylic acids is 2. The number of aromatic nitrogens is 1. The fraction of sp³-hybridized carbons (Fsp3) is 0.217. The van der Waals surface area contributed by atoms with E-state index in [4.69, 9.17) is 9.84 Å². The van der Waals surface area contributed by atoms with Crippen molar-refractivity contribution in [1.82, 2.24) is 10.3 Å². The van der Waals surface area contributed by atoms with Crippen LogP contribution < -0.4 is 10.6 Å². The molecule has 1 aromatic heterocycles. The Balaban J connectivity index is 1.30. The molecule has 10 heteroatoms. The molecule has 0 radical (unpaired) electrons. The Morgan fingerprint density at radius 3 is 2.33 bits per heavy atom. The van der Waals surface area contributed by atoms with E-state index in [1.807, 2.05) is 36.4 Å². The first kappa shape index (κ1) is 22.4. The zero-order valence-electron chi connectivity index (χ0n) is 17.4. The number of fused-ring (bicyclic) bond motifs is 3. The number of carboxylic acids is 1. The number of hydrogen-bond acceptors (Lipinski definition) is 7. The van der Waals surface area contributed by atoms with Crippen LogP contribution >= 0.6 is 11.3 Å². The molecule has 0 aliphatic heterocycles. The van der Waals surface area contributed by atoms with E-state index in [1.54, 1.807) is 5.38 Å². The predicted octanol–water partition coefficient (Wildman–Crippen LogP) is 2.61. The van der Waals surface area contributed by atoms with Crippen molar-refractivity contribution in [3.05, 3.63) is 70.7 Å². The standard InChI is InChI=1S/C23H21N3O6S/c27-19(21(29)30)10-24-20(28)9-13-12-33-22(25-13)26-23(31)32-11-18-16-7-3-1-5-14(16)15-6-2-4-8-17(15)18/h1-8,12,18-19,27H,9-11H2,(H,24,28)(H,29,30)(H,25,26,31). The van der Waals surface area contributed by atoms with E-state index in [-0.39, 0.29) is 24.1 Å². The minimum absolute atomic E-state index is 0.0557. The average Bonchev–Trinajstić information content (AvgIpc) is 3.37. The molecule has 1 atom stereocenters. The van der Waals surface area contributed by atoms with Gasteiger partial charge < -0.3 is 20.3 Å². The maximum absolute atomic E-state index is 12.3. The van der Waals surface area contributed by atoms with Crippen LogP contribution in [0.3, 0.4) is 0 Å². The van der Waals surface area contributed by atoms with Crippen molar-refractivity contribution in [2.75, 3.05) is 18.5 Å². The number of hydrogen-bond donors (Lipinski definition) is 4. The normalized spacial score (nSPS) is 13.0. The molecule has 1 aliphatic carbocycles. The SMILES string of the molecule is O=C(Cc1csc(NC(=O)OCC2c3ccccc3-c3ccccc32)n1)NCC(O)C(=O)O. The zero-order chi connectivity index (χ0) is 23.4. The molecular weight excluding hydrogens is 446 g/mol. The number of rotatable bonds is 8. The highest BCUT2D eigenvalue weighted by atomic mass is 32.1. The molecule has 2 aromatic carbocycles. The summed E-state index contributed by atoms with van der Waals surface area (Å²) in [6.45, 7) is -0.227. The third kappa shape index (κ3) is 5.18. The highest BCUT2D eigenvalue weighted by Crippen LogP contribution is 2.44. The van der Waals surface area contributed by atoms with Gasteiger partial charge in [0.1, 0.15) is 6.61 Å². The fourth-order valence-electron chi connectivity index (χ4n) is 3.69. The van der Waals surface area contributed by atoms with Crippen LogP contribution in [-0.2, 0) is 20.7 Å². The lowest BCUT2D eigenvalue weighted by atomic mass is 9.98. The highest BCUT2D eigenvalue weighted by Gasteiger charge is 2.29. The van der Waals surface area contributed by atoms with Gasteiger partial charge in [-0.25, -0.2) is 14.6 Å². The van der Waals surface area contributed by atoms with Crippen LogP contribution in [0.1, 0.15) is 22.7 Å². The monoisotopic (exact) mass is 467 g/mol. The van der Waals surface area contributed by atoms with Crippen molar-refractivity contribution in [2.45, 2.75) is 18.4 Å². The number of benzene rings is 2. The summed E-state index contributed by atoms with van der Waals surface area (Å²) < 4.78 is 5.48. The number of aliphatic carboxylic acids is 1. The molecule has 1 heterocycles. The van der Waals surface area contributed by atoms with Crippen molar-refractivity contribution in [3.8, 4) is 11.1 Å². The molecule has 9 nitrogen and oxygen atoms in total. The molecule has 1 aliphatic rings.